The maximum atomic E-state index is 3.47. The van der Waals surface area contributed by atoms with Crippen molar-refractivity contribution in [2.24, 2.45) is 11.8 Å². The molecule has 0 aliphatic heterocycles. The molecule has 1 heteroatoms. The van der Waals surface area contributed by atoms with Crippen LogP contribution in [0.4, 0.5) is 0 Å². The van der Waals surface area contributed by atoms with Crippen LogP contribution in [0.2, 0.25) is 0 Å². The van der Waals surface area contributed by atoms with Crippen LogP contribution in [-0.2, 0) is 0 Å². The first-order valence-electron chi connectivity index (χ1n) is 9.69. The summed E-state index contributed by atoms with van der Waals surface area (Å²) in [5.74, 6) is 1.30. The Balaban J connectivity index is 0.00000261. The highest BCUT2D eigenvalue weighted by Gasteiger charge is 2.17. The molecule has 0 heterocycles. The summed E-state index contributed by atoms with van der Waals surface area (Å²) in [6.07, 6.45) is 13.1. The van der Waals surface area contributed by atoms with Gasteiger partial charge in [-0.15, -0.1) is 0 Å². The summed E-state index contributed by atoms with van der Waals surface area (Å²) in [6.45, 7) is 2.28. The van der Waals surface area contributed by atoms with Gasteiger partial charge in [-0.1, -0.05) is 85.8 Å². The quantitative estimate of drug-likeness (QED) is 0.355. The second-order valence-electron chi connectivity index (χ2n) is 6.99. The van der Waals surface area contributed by atoms with E-state index in [2.05, 4.69) is 97.2 Å². The van der Waals surface area contributed by atoms with Crippen molar-refractivity contribution in [3.8, 4) is 0 Å². The number of hydrogen-bond acceptors (Lipinski definition) is 1. The second-order valence-corrected chi connectivity index (χ2v) is 6.99. The number of allylic oxidation sites excluding steroid dienone is 4. The Labute approximate surface area is 159 Å². The van der Waals surface area contributed by atoms with Gasteiger partial charge in [0.25, 0.3) is 0 Å². The molecule has 0 saturated carbocycles. The van der Waals surface area contributed by atoms with Crippen molar-refractivity contribution in [1.29, 1.82) is 0 Å². The lowest BCUT2D eigenvalue weighted by molar-refractivity contribution is 0.450. The predicted octanol–water partition coefficient (Wildman–Crippen LogP) is 6.57. The largest absolute Gasteiger partial charge is 0.388 e. The average Bonchev–Trinajstić information content (AvgIpc) is 2.72. The molecule has 0 amide bonds. The number of hydrogen-bond donors (Lipinski definition) is 1. The fourth-order valence-corrected chi connectivity index (χ4v) is 3.64. The first-order valence-corrected chi connectivity index (χ1v) is 9.69. The molecule has 136 valence electrons. The Bertz CT molecular complexity index is 774. The summed E-state index contributed by atoms with van der Waals surface area (Å²) in [7, 11) is 2.03. The van der Waals surface area contributed by atoms with E-state index in [1.54, 1.807) is 0 Å². The van der Waals surface area contributed by atoms with Gasteiger partial charge in [-0.05, 0) is 48.3 Å². The number of benzene rings is 2. The standard InChI is InChI=1S/C25H29N.H2/c1-3-20-13-10-14-22(17-20)19-25(26-2)24(23-15-8-5-9-16-23)18-21-11-6-4-7-12-21;/h4-13,15-16,18-20,22,26H,3,14,17H2,1-2H3;1H/b24-18+,25-19+;. The Morgan fingerprint density at radius 3 is 2.42 bits per heavy atom. The highest BCUT2D eigenvalue weighted by atomic mass is 14.8. The molecule has 0 fully saturated rings. The molecule has 0 aromatic heterocycles. The molecule has 0 bridgehead atoms. The number of likely N-dealkylation sites (N-methyl/N-ethyl adjacent to an activating group) is 1. The van der Waals surface area contributed by atoms with Gasteiger partial charge in [-0.3, -0.25) is 0 Å². The number of rotatable bonds is 6. The minimum absolute atomic E-state index is 0. The highest BCUT2D eigenvalue weighted by Crippen LogP contribution is 2.31. The molecule has 0 spiro atoms. The molecular formula is C25H31N. The molecule has 0 saturated heterocycles. The zero-order valence-electron chi connectivity index (χ0n) is 15.9. The smallest absolute Gasteiger partial charge is 0.0379 e. The average molecular weight is 346 g/mol. The fourth-order valence-electron chi connectivity index (χ4n) is 3.64. The van der Waals surface area contributed by atoms with Gasteiger partial charge < -0.3 is 5.32 Å². The van der Waals surface area contributed by atoms with E-state index in [0.29, 0.717) is 11.8 Å². The third-order valence-corrected chi connectivity index (χ3v) is 5.13. The molecule has 2 aromatic carbocycles. The molecular weight excluding hydrogens is 314 g/mol. The van der Waals surface area contributed by atoms with E-state index in [1.165, 1.54) is 35.2 Å². The molecule has 1 aliphatic rings. The summed E-state index contributed by atoms with van der Waals surface area (Å²) in [4.78, 5) is 0. The monoisotopic (exact) mass is 345 g/mol. The molecule has 2 atom stereocenters. The van der Waals surface area contributed by atoms with Crippen LogP contribution in [-0.4, -0.2) is 7.05 Å². The van der Waals surface area contributed by atoms with E-state index in [4.69, 9.17) is 0 Å². The van der Waals surface area contributed by atoms with Crippen molar-refractivity contribution in [3.05, 3.63) is 95.7 Å². The summed E-state index contributed by atoms with van der Waals surface area (Å²) >= 11 is 0. The van der Waals surface area contributed by atoms with Crippen molar-refractivity contribution in [2.45, 2.75) is 26.2 Å². The highest BCUT2D eigenvalue weighted by molar-refractivity contribution is 5.90. The first-order chi connectivity index (χ1) is 12.8. The van der Waals surface area contributed by atoms with Crippen LogP contribution in [0.1, 0.15) is 38.7 Å². The lowest BCUT2D eigenvalue weighted by Gasteiger charge is -2.23. The SMILES string of the molecule is CCC1C=CCC(/C=C(NC)\C(=C\c2ccccc2)c2ccccc2)C1.[HH]. The van der Waals surface area contributed by atoms with Crippen molar-refractivity contribution in [3.63, 3.8) is 0 Å². The van der Waals surface area contributed by atoms with E-state index in [9.17, 15) is 0 Å². The van der Waals surface area contributed by atoms with E-state index >= 15 is 0 Å². The molecule has 1 aliphatic carbocycles. The van der Waals surface area contributed by atoms with Crippen LogP contribution in [0.3, 0.4) is 0 Å². The topological polar surface area (TPSA) is 12.0 Å². The van der Waals surface area contributed by atoms with Gasteiger partial charge in [0.05, 0.1) is 0 Å². The second kappa shape index (κ2) is 9.24. The Morgan fingerprint density at radius 1 is 1.08 bits per heavy atom. The van der Waals surface area contributed by atoms with Crippen LogP contribution < -0.4 is 5.32 Å². The molecule has 0 radical (unpaired) electrons. The Morgan fingerprint density at radius 2 is 1.77 bits per heavy atom. The van der Waals surface area contributed by atoms with Crippen molar-refractivity contribution >= 4 is 11.6 Å². The first kappa shape index (κ1) is 18.3. The zero-order chi connectivity index (χ0) is 18.2. The van der Waals surface area contributed by atoms with Crippen molar-refractivity contribution in [1.82, 2.24) is 5.32 Å². The van der Waals surface area contributed by atoms with Gasteiger partial charge in [0.15, 0.2) is 0 Å². The summed E-state index contributed by atoms with van der Waals surface area (Å²) < 4.78 is 0. The Hall–Kier alpha value is -2.54. The lowest BCUT2D eigenvalue weighted by atomic mass is 9.84. The van der Waals surface area contributed by atoms with E-state index < -0.39 is 0 Å². The number of nitrogens with one attached hydrogen (secondary N) is 1. The van der Waals surface area contributed by atoms with Crippen LogP contribution in [0.25, 0.3) is 11.6 Å². The molecule has 2 aromatic rings. The third kappa shape index (κ3) is 4.76. The molecule has 1 N–H and O–H groups in total. The zero-order valence-corrected chi connectivity index (χ0v) is 15.9. The summed E-state index contributed by atoms with van der Waals surface area (Å²) in [5, 5.41) is 3.47. The molecule has 2 unspecified atom stereocenters. The maximum absolute atomic E-state index is 3.47. The van der Waals surface area contributed by atoms with E-state index in [1.807, 2.05) is 7.05 Å². The summed E-state index contributed by atoms with van der Waals surface area (Å²) in [6, 6.07) is 21.2. The van der Waals surface area contributed by atoms with Crippen molar-refractivity contribution < 1.29 is 1.43 Å². The molecule has 26 heavy (non-hydrogen) atoms. The van der Waals surface area contributed by atoms with Gasteiger partial charge >= 0.3 is 0 Å². The predicted molar refractivity (Wildman–Crippen MR) is 116 cm³/mol. The van der Waals surface area contributed by atoms with E-state index in [0.717, 1.165) is 6.42 Å². The normalized spacial score (nSPS) is 20.8. The van der Waals surface area contributed by atoms with Crippen LogP contribution in [0.5, 0.6) is 0 Å². The van der Waals surface area contributed by atoms with Gasteiger partial charge in [0, 0.05) is 19.7 Å². The van der Waals surface area contributed by atoms with Crippen molar-refractivity contribution in [2.75, 3.05) is 7.05 Å². The molecule has 3 rings (SSSR count). The summed E-state index contributed by atoms with van der Waals surface area (Å²) in [5.41, 5.74) is 4.94. The van der Waals surface area contributed by atoms with Gasteiger partial charge in [-0.25, -0.2) is 0 Å². The Kier molecular flexibility index (Phi) is 6.49. The van der Waals surface area contributed by atoms with Crippen LogP contribution in [0.15, 0.2) is 84.6 Å². The third-order valence-electron chi connectivity index (χ3n) is 5.13. The van der Waals surface area contributed by atoms with Gasteiger partial charge in [-0.2, -0.15) is 0 Å². The molecule has 1 nitrogen and oxygen atoms in total. The minimum atomic E-state index is 0. The van der Waals surface area contributed by atoms with Gasteiger partial charge in [0.1, 0.15) is 0 Å². The minimum Gasteiger partial charge on any atom is -0.388 e. The van der Waals surface area contributed by atoms with Gasteiger partial charge in [0.2, 0.25) is 0 Å². The maximum Gasteiger partial charge on any atom is 0.0379 e. The van der Waals surface area contributed by atoms with Crippen LogP contribution >= 0.6 is 0 Å². The van der Waals surface area contributed by atoms with Crippen LogP contribution in [0, 0.1) is 11.8 Å². The van der Waals surface area contributed by atoms with E-state index in [-0.39, 0.29) is 1.43 Å². The lowest BCUT2D eigenvalue weighted by Crippen LogP contribution is -2.14. The fraction of sp³-hybridized carbons (Fsp3) is 0.280.